The largest absolute Gasteiger partial charge is 0.450 e. The maximum Gasteiger partial charge on any atom is 0.174 e. The van der Waals surface area contributed by atoms with Crippen LogP contribution in [-0.2, 0) is 0 Å². The molecule has 3 aromatic heterocycles. The molecule has 3 N–H and O–H groups in total. The van der Waals surface area contributed by atoms with Crippen LogP contribution in [0.15, 0.2) is 56.6 Å². The van der Waals surface area contributed by atoms with Gasteiger partial charge in [-0.2, -0.15) is 10.5 Å². The summed E-state index contributed by atoms with van der Waals surface area (Å²) in [5.74, 6) is 0.755. The molecule has 1 aliphatic carbocycles. The molecule has 0 saturated heterocycles. The Morgan fingerprint density at radius 2 is 1.91 bits per heavy atom. The van der Waals surface area contributed by atoms with Crippen LogP contribution in [0, 0.1) is 29.6 Å². The second-order valence-electron chi connectivity index (χ2n) is 7.32. The van der Waals surface area contributed by atoms with Gasteiger partial charge in [-0.25, -0.2) is 9.97 Å². The van der Waals surface area contributed by atoms with Crippen molar-refractivity contribution in [2.24, 2.45) is 0 Å². The highest BCUT2D eigenvalue weighted by atomic mass is 32.2. The number of nitrogen functional groups attached to an aromatic ring is 1. The number of nitriles is 2. The molecular formula is C24H16N6OS. The molecule has 0 radical (unpaired) electrons. The molecule has 5 rings (SSSR count). The molecule has 0 fully saturated rings. The molecule has 7 nitrogen and oxygen atoms in total. The van der Waals surface area contributed by atoms with Crippen molar-refractivity contribution in [1.29, 1.82) is 10.5 Å². The number of pyridine rings is 1. The first-order valence-corrected chi connectivity index (χ1v) is 10.6. The number of rotatable bonds is 3. The zero-order valence-electron chi connectivity index (χ0n) is 17.2. The Morgan fingerprint density at radius 1 is 1.09 bits per heavy atom. The number of para-hydroxylation sites is 2. The summed E-state index contributed by atoms with van der Waals surface area (Å²) in [7, 11) is 0. The van der Waals surface area contributed by atoms with Crippen molar-refractivity contribution in [3.63, 3.8) is 0 Å². The third kappa shape index (κ3) is 3.06. The Labute approximate surface area is 187 Å². The summed E-state index contributed by atoms with van der Waals surface area (Å²) in [5.41, 5.74) is 12.1. The molecule has 154 valence electrons. The van der Waals surface area contributed by atoms with Gasteiger partial charge < -0.3 is 15.1 Å². The van der Waals surface area contributed by atoms with E-state index in [9.17, 15) is 10.5 Å². The minimum Gasteiger partial charge on any atom is -0.450 e. The standard InChI is InChI=1S/C24H16N6OS/c1-12-15(21-13(2)17(11-26)23(27)30-22(21)16(12)10-25)9-14-7-8-20(31-14)32-24-28-18-5-3-4-6-19(18)29-24/h3-9H,1-2H3,(H2,27,30)(H,28,29)/b15-9+. The minimum atomic E-state index is 0.132. The van der Waals surface area contributed by atoms with Gasteiger partial charge in [0.05, 0.1) is 27.9 Å². The Hall–Kier alpha value is -4.27. The lowest BCUT2D eigenvalue weighted by Crippen LogP contribution is -2.03. The third-order valence-corrected chi connectivity index (χ3v) is 6.24. The normalized spacial score (nSPS) is 14.1. The maximum absolute atomic E-state index is 9.69. The quantitative estimate of drug-likeness (QED) is 0.445. The van der Waals surface area contributed by atoms with Crippen LogP contribution in [0.25, 0.3) is 28.3 Å². The lowest BCUT2D eigenvalue weighted by Gasteiger charge is -2.10. The number of aromatic nitrogens is 3. The second-order valence-corrected chi connectivity index (χ2v) is 8.31. The van der Waals surface area contributed by atoms with Crippen LogP contribution in [0.4, 0.5) is 5.82 Å². The zero-order valence-corrected chi connectivity index (χ0v) is 18.0. The maximum atomic E-state index is 9.69. The molecule has 0 spiro atoms. The number of furan rings is 1. The third-order valence-electron chi connectivity index (χ3n) is 5.44. The first-order chi connectivity index (χ1) is 15.5. The highest BCUT2D eigenvalue weighted by Crippen LogP contribution is 2.44. The van der Waals surface area contributed by atoms with Crippen LogP contribution in [0.5, 0.6) is 0 Å². The van der Waals surface area contributed by atoms with Crippen molar-refractivity contribution in [2.45, 2.75) is 24.1 Å². The van der Waals surface area contributed by atoms with Crippen molar-refractivity contribution >= 4 is 45.8 Å². The van der Waals surface area contributed by atoms with E-state index in [4.69, 9.17) is 10.2 Å². The molecule has 0 aliphatic heterocycles. The number of H-pyrrole nitrogens is 1. The van der Waals surface area contributed by atoms with Crippen molar-refractivity contribution in [3.8, 4) is 12.1 Å². The molecule has 0 bridgehead atoms. The SMILES string of the molecule is CC1=C(C#N)c2nc(N)c(C#N)c(C)c2/C1=C/c1ccc(Sc2nc3ccccc3[nH]2)o1. The summed E-state index contributed by atoms with van der Waals surface area (Å²) < 4.78 is 6.01. The van der Waals surface area contributed by atoms with E-state index in [1.54, 1.807) is 0 Å². The monoisotopic (exact) mass is 436 g/mol. The number of nitrogens with one attached hydrogen (secondary N) is 1. The van der Waals surface area contributed by atoms with E-state index in [1.165, 1.54) is 11.8 Å². The van der Waals surface area contributed by atoms with Crippen molar-refractivity contribution in [2.75, 3.05) is 5.73 Å². The number of benzene rings is 1. The van der Waals surface area contributed by atoms with Crippen molar-refractivity contribution < 1.29 is 4.42 Å². The predicted octanol–water partition coefficient (Wildman–Crippen LogP) is 5.32. The van der Waals surface area contributed by atoms with Crippen LogP contribution in [0.1, 0.15) is 35.1 Å². The molecule has 3 heterocycles. The number of imidazole rings is 1. The summed E-state index contributed by atoms with van der Waals surface area (Å²) in [6.45, 7) is 3.68. The van der Waals surface area contributed by atoms with Gasteiger partial charge in [-0.15, -0.1) is 0 Å². The molecule has 0 unspecified atom stereocenters. The minimum absolute atomic E-state index is 0.132. The fourth-order valence-corrected chi connectivity index (χ4v) is 4.65. The van der Waals surface area contributed by atoms with E-state index in [0.29, 0.717) is 33.2 Å². The van der Waals surface area contributed by atoms with Crippen molar-refractivity contribution in [1.82, 2.24) is 15.0 Å². The highest BCUT2D eigenvalue weighted by molar-refractivity contribution is 7.99. The number of aromatic amines is 1. The van der Waals surface area contributed by atoms with Crippen LogP contribution in [0.3, 0.4) is 0 Å². The molecule has 0 saturated carbocycles. The number of nitrogens with zero attached hydrogens (tertiary/aromatic N) is 4. The molecular weight excluding hydrogens is 420 g/mol. The van der Waals surface area contributed by atoms with E-state index < -0.39 is 0 Å². The van der Waals surface area contributed by atoms with Gasteiger partial charge in [0, 0.05) is 5.56 Å². The van der Waals surface area contributed by atoms with E-state index >= 15 is 0 Å². The Morgan fingerprint density at radius 3 is 2.66 bits per heavy atom. The van der Waals surface area contributed by atoms with Crippen LogP contribution >= 0.6 is 11.8 Å². The number of fused-ring (bicyclic) bond motifs is 2. The number of nitrogens with two attached hydrogens (primary N) is 1. The lowest BCUT2D eigenvalue weighted by molar-refractivity contribution is 0.466. The van der Waals surface area contributed by atoms with Gasteiger partial charge in [0.25, 0.3) is 0 Å². The number of anilines is 1. The van der Waals surface area contributed by atoms with Gasteiger partial charge in [0.2, 0.25) is 0 Å². The highest BCUT2D eigenvalue weighted by Gasteiger charge is 2.29. The summed E-state index contributed by atoms with van der Waals surface area (Å²) in [4.78, 5) is 12.2. The summed E-state index contributed by atoms with van der Waals surface area (Å²) in [6.07, 6.45) is 1.87. The lowest BCUT2D eigenvalue weighted by atomic mass is 9.96. The molecule has 4 aromatic rings. The molecule has 0 amide bonds. The smallest absolute Gasteiger partial charge is 0.174 e. The summed E-state index contributed by atoms with van der Waals surface area (Å²) >= 11 is 1.40. The number of hydrogen-bond donors (Lipinski definition) is 2. The Bertz CT molecular complexity index is 1520. The first-order valence-electron chi connectivity index (χ1n) is 9.76. The fraction of sp³-hybridized carbons (Fsp3) is 0.0833. The van der Waals surface area contributed by atoms with Gasteiger partial charge in [-0.05, 0) is 72.7 Å². The molecule has 8 heteroatoms. The number of hydrogen-bond acceptors (Lipinski definition) is 7. The Balaban J connectivity index is 1.54. The topological polar surface area (TPSA) is 128 Å². The summed E-state index contributed by atoms with van der Waals surface area (Å²) in [6, 6.07) is 15.9. The molecule has 1 aromatic carbocycles. The average Bonchev–Trinajstić information content (AvgIpc) is 3.45. The van der Waals surface area contributed by atoms with Crippen molar-refractivity contribution in [3.05, 3.63) is 70.1 Å². The summed E-state index contributed by atoms with van der Waals surface area (Å²) in [5, 5.41) is 20.6. The van der Waals surface area contributed by atoms with E-state index in [0.717, 1.165) is 32.9 Å². The predicted molar refractivity (Wildman–Crippen MR) is 123 cm³/mol. The van der Waals surface area contributed by atoms with E-state index in [1.807, 2.05) is 56.3 Å². The second kappa shape index (κ2) is 7.45. The first kappa shape index (κ1) is 19.7. The molecule has 32 heavy (non-hydrogen) atoms. The van der Waals surface area contributed by atoms with Gasteiger partial charge in [-0.3, -0.25) is 0 Å². The van der Waals surface area contributed by atoms with E-state index in [-0.39, 0.29) is 5.82 Å². The molecule has 1 aliphatic rings. The van der Waals surface area contributed by atoms with E-state index in [2.05, 4.69) is 27.1 Å². The zero-order chi connectivity index (χ0) is 22.4. The Kier molecular flexibility index (Phi) is 4.58. The number of allylic oxidation sites excluding steroid dienone is 3. The fourth-order valence-electron chi connectivity index (χ4n) is 3.88. The van der Waals surface area contributed by atoms with Gasteiger partial charge in [0.15, 0.2) is 10.2 Å². The molecule has 0 atom stereocenters. The van der Waals surface area contributed by atoms with Crippen LogP contribution in [-0.4, -0.2) is 15.0 Å². The van der Waals surface area contributed by atoms with Gasteiger partial charge >= 0.3 is 0 Å². The van der Waals surface area contributed by atoms with Gasteiger partial charge in [0.1, 0.15) is 23.7 Å². The van der Waals surface area contributed by atoms with Crippen LogP contribution < -0.4 is 5.73 Å². The van der Waals surface area contributed by atoms with Crippen LogP contribution in [0.2, 0.25) is 0 Å². The average molecular weight is 437 g/mol. The van der Waals surface area contributed by atoms with Gasteiger partial charge in [-0.1, -0.05) is 12.1 Å².